The Kier molecular flexibility index (Phi) is 4.93. The van der Waals surface area contributed by atoms with Gasteiger partial charge in [0.15, 0.2) is 0 Å². The number of hydrogen-bond donors (Lipinski definition) is 2. The van der Waals surface area contributed by atoms with Crippen LogP contribution in [-0.4, -0.2) is 11.0 Å². The molecule has 136 valence electrons. The van der Waals surface area contributed by atoms with Gasteiger partial charge in [0.1, 0.15) is 34.8 Å². The first kappa shape index (κ1) is 18.4. The van der Waals surface area contributed by atoms with Crippen LogP contribution < -0.4 is 16.0 Å². The van der Waals surface area contributed by atoms with Crippen molar-refractivity contribution in [3.8, 4) is 29.0 Å². The molecule has 28 heavy (non-hydrogen) atoms. The van der Waals surface area contributed by atoms with E-state index in [1.165, 1.54) is 12.1 Å². The average Bonchev–Trinajstić information content (AvgIpc) is 2.68. The highest BCUT2D eigenvalue weighted by atomic mass is 16.5. The van der Waals surface area contributed by atoms with Gasteiger partial charge in [-0.25, -0.2) is 4.79 Å². The first-order valence-corrected chi connectivity index (χ1v) is 8.20. The molecule has 0 bridgehead atoms. The lowest BCUT2D eigenvalue weighted by Crippen LogP contribution is -2.16. The third-order valence-electron chi connectivity index (χ3n) is 4.08. The number of nitrogens with one attached hydrogen (secondary N) is 1. The number of pyridine rings is 1. The molecule has 0 spiro atoms. The quantitative estimate of drug-likeness (QED) is 0.538. The van der Waals surface area contributed by atoms with Crippen molar-refractivity contribution in [1.82, 2.24) is 4.98 Å². The molecule has 0 atom stereocenters. The Bertz CT molecular complexity index is 1210. The predicted octanol–water partition coefficient (Wildman–Crippen LogP) is 2.90. The molecule has 0 fully saturated rings. The number of esters is 1. The Labute approximate surface area is 160 Å². The van der Waals surface area contributed by atoms with E-state index in [4.69, 9.17) is 10.5 Å². The van der Waals surface area contributed by atoms with Crippen LogP contribution in [0.4, 0.5) is 5.82 Å². The number of aryl methyl sites for hydroxylation is 1. The SMILES string of the molecule is Cc1cccc(C(=O)Oc2ccc(-c3c(C#N)c(N)[nH]c(=O)c3C#N)cc2)c1. The zero-order valence-corrected chi connectivity index (χ0v) is 14.8. The van der Waals surface area contributed by atoms with Gasteiger partial charge in [-0.05, 0) is 36.8 Å². The maximum atomic E-state index is 12.2. The van der Waals surface area contributed by atoms with Crippen LogP contribution in [0.3, 0.4) is 0 Å². The summed E-state index contributed by atoms with van der Waals surface area (Å²) in [4.78, 5) is 26.5. The van der Waals surface area contributed by atoms with Gasteiger partial charge in [-0.3, -0.25) is 4.79 Å². The maximum Gasteiger partial charge on any atom is 0.343 e. The van der Waals surface area contributed by atoms with E-state index in [9.17, 15) is 20.1 Å². The number of nitrogen functional groups attached to an aromatic ring is 1. The van der Waals surface area contributed by atoms with Gasteiger partial charge in [0.2, 0.25) is 0 Å². The number of carbonyl (C=O) groups is 1. The van der Waals surface area contributed by atoms with E-state index in [0.29, 0.717) is 11.1 Å². The number of nitrogens with zero attached hydrogens (tertiary/aromatic N) is 2. The smallest absolute Gasteiger partial charge is 0.343 e. The van der Waals surface area contributed by atoms with E-state index in [1.54, 1.807) is 36.4 Å². The number of aromatic amines is 1. The Morgan fingerprint density at radius 3 is 2.36 bits per heavy atom. The summed E-state index contributed by atoms with van der Waals surface area (Å²) in [6.07, 6.45) is 0. The summed E-state index contributed by atoms with van der Waals surface area (Å²) in [6.45, 7) is 1.87. The molecule has 3 aromatic rings. The first-order valence-electron chi connectivity index (χ1n) is 8.20. The number of rotatable bonds is 3. The van der Waals surface area contributed by atoms with Crippen LogP contribution in [0.5, 0.6) is 5.75 Å². The van der Waals surface area contributed by atoms with Crippen LogP contribution in [0.2, 0.25) is 0 Å². The lowest BCUT2D eigenvalue weighted by Gasteiger charge is -2.10. The second kappa shape index (κ2) is 7.48. The average molecular weight is 370 g/mol. The van der Waals surface area contributed by atoms with Gasteiger partial charge >= 0.3 is 5.97 Å². The van der Waals surface area contributed by atoms with Gasteiger partial charge in [0, 0.05) is 5.56 Å². The number of anilines is 1. The van der Waals surface area contributed by atoms with Crippen molar-refractivity contribution in [3.63, 3.8) is 0 Å². The number of nitrogens with two attached hydrogens (primary N) is 1. The van der Waals surface area contributed by atoms with E-state index in [1.807, 2.05) is 19.1 Å². The number of ether oxygens (including phenoxy) is 1. The molecule has 0 unspecified atom stereocenters. The molecule has 0 aliphatic carbocycles. The Morgan fingerprint density at radius 1 is 1.07 bits per heavy atom. The standard InChI is InChI=1S/C21H14N4O3/c1-12-3-2-4-14(9-12)21(27)28-15-7-5-13(6-8-15)18-16(10-22)19(24)25-20(26)17(18)11-23/h2-9H,1H3,(H3,24,25,26). The Balaban J connectivity index is 1.96. The molecule has 7 nitrogen and oxygen atoms in total. The monoisotopic (exact) mass is 370 g/mol. The number of aromatic nitrogens is 1. The summed E-state index contributed by atoms with van der Waals surface area (Å²) in [5, 5.41) is 18.7. The Hall–Kier alpha value is -4.36. The molecule has 7 heteroatoms. The molecule has 0 saturated heterocycles. The number of carbonyl (C=O) groups excluding carboxylic acids is 1. The van der Waals surface area contributed by atoms with E-state index in [-0.39, 0.29) is 28.3 Å². The van der Waals surface area contributed by atoms with Crippen LogP contribution in [0.25, 0.3) is 11.1 Å². The molecule has 0 aliphatic heterocycles. The largest absolute Gasteiger partial charge is 0.423 e. The topological polar surface area (TPSA) is 133 Å². The molecular weight excluding hydrogens is 356 g/mol. The summed E-state index contributed by atoms with van der Waals surface area (Å²) in [6, 6.07) is 16.8. The zero-order valence-electron chi connectivity index (χ0n) is 14.8. The van der Waals surface area contributed by atoms with Crippen molar-refractivity contribution in [2.75, 3.05) is 5.73 Å². The fraction of sp³-hybridized carbons (Fsp3) is 0.0476. The van der Waals surface area contributed by atoms with E-state index in [2.05, 4.69) is 4.98 Å². The molecule has 1 heterocycles. The second-order valence-corrected chi connectivity index (χ2v) is 6.00. The highest BCUT2D eigenvalue weighted by Crippen LogP contribution is 2.29. The van der Waals surface area contributed by atoms with Crippen molar-refractivity contribution in [2.24, 2.45) is 0 Å². The lowest BCUT2D eigenvalue weighted by atomic mass is 9.96. The normalized spacial score (nSPS) is 9.96. The van der Waals surface area contributed by atoms with Gasteiger partial charge in [-0.1, -0.05) is 29.8 Å². The van der Waals surface area contributed by atoms with Crippen molar-refractivity contribution in [1.29, 1.82) is 10.5 Å². The van der Waals surface area contributed by atoms with Gasteiger partial charge in [-0.2, -0.15) is 10.5 Å². The molecular formula is C21H14N4O3. The van der Waals surface area contributed by atoms with Crippen LogP contribution in [0.1, 0.15) is 27.0 Å². The minimum atomic E-state index is -0.677. The van der Waals surface area contributed by atoms with Gasteiger partial charge in [-0.15, -0.1) is 0 Å². The summed E-state index contributed by atoms with van der Waals surface area (Å²) in [5.74, 6) is -0.339. The minimum Gasteiger partial charge on any atom is -0.423 e. The van der Waals surface area contributed by atoms with Gasteiger partial charge < -0.3 is 15.5 Å². The van der Waals surface area contributed by atoms with Gasteiger partial charge in [0.05, 0.1) is 5.56 Å². The molecule has 0 amide bonds. The second-order valence-electron chi connectivity index (χ2n) is 6.00. The van der Waals surface area contributed by atoms with Crippen LogP contribution in [-0.2, 0) is 0 Å². The zero-order chi connectivity index (χ0) is 20.3. The van der Waals surface area contributed by atoms with Crippen LogP contribution in [0, 0.1) is 29.6 Å². The summed E-state index contributed by atoms with van der Waals surface area (Å²) < 4.78 is 5.35. The number of benzene rings is 2. The fourth-order valence-electron chi connectivity index (χ4n) is 2.76. The summed E-state index contributed by atoms with van der Waals surface area (Å²) in [7, 11) is 0. The number of nitriles is 2. The van der Waals surface area contributed by atoms with E-state index < -0.39 is 11.5 Å². The van der Waals surface area contributed by atoms with Crippen molar-refractivity contribution < 1.29 is 9.53 Å². The highest BCUT2D eigenvalue weighted by Gasteiger charge is 2.18. The number of hydrogen-bond acceptors (Lipinski definition) is 6. The predicted molar refractivity (Wildman–Crippen MR) is 102 cm³/mol. The lowest BCUT2D eigenvalue weighted by molar-refractivity contribution is 0.0734. The fourth-order valence-corrected chi connectivity index (χ4v) is 2.76. The summed E-state index contributed by atoms with van der Waals surface area (Å²) in [5.41, 5.74) is 6.75. The first-order chi connectivity index (χ1) is 13.4. The molecule has 0 saturated carbocycles. The maximum absolute atomic E-state index is 12.2. The summed E-state index contributed by atoms with van der Waals surface area (Å²) >= 11 is 0. The molecule has 0 radical (unpaired) electrons. The number of H-pyrrole nitrogens is 1. The molecule has 3 N–H and O–H groups in total. The van der Waals surface area contributed by atoms with Crippen molar-refractivity contribution in [3.05, 3.63) is 81.1 Å². The third kappa shape index (κ3) is 3.46. The van der Waals surface area contributed by atoms with Crippen molar-refractivity contribution >= 4 is 11.8 Å². The highest BCUT2D eigenvalue weighted by molar-refractivity contribution is 5.91. The third-order valence-corrected chi connectivity index (χ3v) is 4.08. The molecule has 3 rings (SSSR count). The van der Waals surface area contributed by atoms with E-state index >= 15 is 0 Å². The molecule has 0 aliphatic rings. The van der Waals surface area contributed by atoms with Crippen LogP contribution in [0.15, 0.2) is 53.3 Å². The van der Waals surface area contributed by atoms with Crippen LogP contribution >= 0.6 is 0 Å². The molecule has 2 aromatic carbocycles. The van der Waals surface area contributed by atoms with Gasteiger partial charge in [0.25, 0.3) is 5.56 Å². The van der Waals surface area contributed by atoms with Crippen molar-refractivity contribution in [2.45, 2.75) is 6.92 Å². The minimum absolute atomic E-state index is 0.000607. The van der Waals surface area contributed by atoms with E-state index in [0.717, 1.165) is 5.56 Å². The molecule has 1 aromatic heterocycles. The Morgan fingerprint density at radius 2 is 1.75 bits per heavy atom.